The topological polar surface area (TPSA) is 34.0 Å². The van der Waals surface area contributed by atoms with Gasteiger partial charge in [0, 0.05) is 5.56 Å². The van der Waals surface area contributed by atoms with Crippen LogP contribution in [-0.2, 0) is 0 Å². The Morgan fingerprint density at radius 1 is 0.905 bits per heavy atom. The average molecular weight is 278 g/mol. The van der Waals surface area contributed by atoms with Crippen LogP contribution in [0.5, 0.6) is 5.75 Å². The molecular weight excluding hydrogens is 260 g/mol. The van der Waals surface area contributed by atoms with Gasteiger partial charge in [0.2, 0.25) is 0 Å². The number of methoxy groups -OCH3 is 1. The van der Waals surface area contributed by atoms with Crippen molar-refractivity contribution in [3.63, 3.8) is 0 Å². The molecule has 0 aliphatic carbocycles. The van der Waals surface area contributed by atoms with E-state index in [2.05, 4.69) is 36.2 Å². The van der Waals surface area contributed by atoms with E-state index in [1.807, 2.05) is 31.2 Å². The number of aliphatic imine (C=N–C) groups is 2. The van der Waals surface area contributed by atoms with Crippen LogP contribution in [0.1, 0.15) is 29.8 Å². The molecule has 1 atom stereocenters. The van der Waals surface area contributed by atoms with Gasteiger partial charge in [-0.2, -0.15) is 0 Å². The molecule has 0 N–H and O–H groups in total. The maximum absolute atomic E-state index is 5.43. The van der Waals surface area contributed by atoms with Crippen LogP contribution in [0, 0.1) is 6.92 Å². The van der Waals surface area contributed by atoms with Crippen molar-refractivity contribution in [2.24, 2.45) is 9.98 Å². The third-order valence-electron chi connectivity index (χ3n) is 3.65. The quantitative estimate of drug-likeness (QED) is 0.836. The number of ether oxygens (including phenoxy) is 1. The van der Waals surface area contributed by atoms with E-state index in [0.29, 0.717) is 0 Å². The molecule has 2 aromatic carbocycles. The molecule has 0 radical (unpaired) electrons. The number of hydrogen-bond acceptors (Lipinski definition) is 3. The van der Waals surface area contributed by atoms with Gasteiger partial charge in [-0.05, 0) is 31.5 Å². The Bertz CT molecular complexity index is 714. The molecule has 1 aliphatic heterocycles. The molecule has 0 amide bonds. The van der Waals surface area contributed by atoms with Gasteiger partial charge in [0.1, 0.15) is 5.75 Å². The average Bonchev–Trinajstić information content (AvgIpc) is 2.89. The Labute approximate surface area is 125 Å². The molecule has 0 aromatic heterocycles. The minimum Gasteiger partial charge on any atom is -0.496 e. The van der Waals surface area contributed by atoms with Crippen LogP contribution in [0.25, 0.3) is 0 Å². The maximum Gasteiger partial charge on any atom is 0.166 e. The highest BCUT2D eigenvalue weighted by Gasteiger charge is 2.22. The predicted molar refractivity (Wildman–Crippen MR) is 86.6 cm³/mol. The lowest BCUT2D eigenvalue weighted by Gasteiger charge is -2.08. The fourth-order valence-corrected chi connectivity index (χ4v) is 2.48. The first kappa shape index (κ1) is 13.6. The Balaban J connectivity index is 1.99. The van der Waals surface area contributed by atoms with Crippen molar-refractivity contribution in [2.75, 3.05) is 7.11 Å². The minimum atomic E-state index is -0.148. The van der Waals surface area contributed by atoms with Gasteiger partial charge in [-0.15, -0.1) is 0 Å². The SMILES string of the molecule is COc1ccccc1C1=N[C@@H](c2ccc(C)cc2)N=C1C. The molecule has 2 aromatic rings. The van der Waals surface area contributed by atoms with Crippen molar-refractivity contribution in [2.45, 2.75) is 20.0 Å². The van der Waals surface area contributed by atoms with Crippen molar-refractivity contribution in [1.82, 2.24) is 0 Å². The zero-order chi connectivity index (χ0) is 14.8. The highest BCUT2D eigenvalue weighted by Crippen LogP contribution is 2.29. The van der Waals surface area contributed by atoms with Crippen molar-refractivity contribution < 1.29 is 4.74 Å². The summed E-state index contributed by atoms with van der Waals surface area (Å²) >= 11 is 0. The van der Waals surface area contributed by atoms with Gasteiger partial charge < -0.3 is 4.74 Å². The standard InChI is InChI=1S/C18H18N2O/c1-12-8-10-14(11-9-12)18-19-13(2)17(20-18)15-6-4-5-7-16(15)21-3/h4-11,18H,1-3H3/t18-/m0/s1. The molecule has 0 spiro atoms. The molecule has 0 saturated heterocycles. The van der Waals surface area contributed by atoms with Crippen LogP contribution >= 0.6 is 0 Å². The van der Waals surface area contributed by atoms with Crippen LogP contribution < -0.4 is 4.74 Å². The Morgan fingerprint density at radius 2 is 1.62 bits per heavy atom. The molecule has 0 unspecified atom stereocenters. The zero-order valence-corrected chi connectivity index (χ0v) is 12.5. The van der Waals surface area contributed by atoms with Crippen molar-refractivity contribution in [3.05, 3.63) is 65.2 Å². The molecule has 0 bridgehead atoms. The molecule has 0 saturated carbocycles. The predicted octanol–water partition coefficient (Wildman–Crippen LogP) is 3.97. The monoisotopic (exact) mass is 278 g/mol. The summed E-state index contributed by atoms with van der Waals surface area (Å²) in [7, 11) is 1.68. The summed E-state index contributed by atoms with van der Waals surface area (Å²) < 4.78 is 5.43. The normalized spacial score (nSPS) is 17.4. The van der Waals surface area contributed by atoms with Crippen LogP contribution in [-0.4, -0.2) is 18.5 Å². The Morgan fingerprint density at radius 3 is 2.33 bits per heavy atom. The van der Waals surface area contributed by atoms with Gasteiger partial charge in [0.05, 0.1) is 18.5 Å². The van der Waals surface area contributed by atoms with Crippen LogP contribution in [0.4, 0.5) is 0 Å². The maximum atomic E-state index is 5.43. The number of aryl methyl sites for hydroxylation is 1. The van der Waals surface area contributed by atoms with E-state index in [1.165, 1.54) is 5.56 Å². The first-order chi connectivity index (χ1) is 10.2. The number of hydrogen-bond donors (Lipinski definition) is 0. The summed E-state index contributed by atoms with van der Waals surface area (Å²) in [6.45, 7) is 4.08. The van der Waals surface area contributed by atoms with Crippen molar-refractivity contribution >= 4 is 11.4 Å². The molecule has 21 heavy (non-hydrogen) atoms. The second-order valence-electron chi connectivity index (χ2n) is 5.18. The summed E-state index contributed by atoms with van der Waals surface area (Å²) in [5, 5.41) is 0. The second-order valence-corrected chi connectivity index (χ2v) is 5.18. The molecule has 1 aliphatic rings. The highest BCUT2D eigenvalue weighted by atomic mass is 16.5. The molecule has 0 fully saturated rings. The van der Waals surface area contributed by atoms with E-state index in [9.17, 15) is 0 Å². The lowest BCUT2D eigenvalue weighted by molar-refractivity contribution is 0.414. The van der Waals surface area contributed by atoms with Crippen LogP contribution in [0.2, 0.25) is 0 Å². The van der Waals surface area contributed by atoms with Gasteiger partial charge >= 0.3 is 0 Å². The van der Waals surface area contributed by atoms with E-state index >= 15 is 0 Å². The fraction of sp³-hybridized carbons (Fsp3) is 0.222. The zero-order valence-electron chi connectivity index (χ0n) is 12.5. The van der Waals surface area contributed by atoms with E-state index < -0.39 is 0 Å². The summed E-state index contributed by atoms with van der Waals surface area (Å²) in [5.74, 6) is 0.829. The second kappa shape index (κ2) is 5.52. The molecule has 1 heterocycles. The van der Waals surface area contributed by atoms with Gasteiger partial charge in [-0.3, -0.25) is 9.98 Å². The van der Waals surface area contributed by atoms with E-state index in [1.54, 1.807) is 7.11 Å². The lowest BCUT2D eigenvalue weighted by atomic mass is 10.1. The van der Waals surface area contributed by atoms with Gasteiger partial charge in [0.25, 0.3) is 0 Å². The molecular formula is C18H18N2O. The van der Waals surface area contributed by atoms with E-state index in [0.717, 1.165) is 28.3 Å². The number of benzene rings is 2. The summed E-state index contributed by atoms with van der Waals surface area (Å²) in [6, 6.07) is 16.3. The van der Waals surface area contributed by atoms with Gasteiger partial charge in [-0.25, -0.2) is 0 Å². The summed E-state index contributed by atoms with van der Waals surface area (Å²) in [5.41, 5.74) is 5.22. The van der Waals surface area contributed by atoms with E-state index in [4.69, 9.17) is 9.73 Å². The molecule has 3 rings (SSSR count). The third-order valence-corrected chi connectivity index (χ3v) is 3.65. The first-order valence-corrected chi connectivity index (χ1v) is 7.01. The van der Waals surface area contributed by atoms with Crippen LogP contribution in [0.3, 0.4) is 0 Å². The summed E-state index contributed by atoms with van der Waals surface area (Å²) in [4.78, 5) is 9.46. The Kier molecular flexibility index (Phi) is 3.57. The number of rotatable bonds is 3. The molecule has 106 valence electrons. The number of nitrogens with zero attached hydrogens (tertiary/aromatic N) is 2. The minimum absolute atomic E-state index is 0.148. The highest BCUT2D eigenvalue weighted by molar-refractivity contribution is 6.49. The largest absolute Gasteiger partial charge is 0.496 e. The Hall–Kier alpha value is -2.42. The third kappa shape index (κ3) is 2.59. The van der Waals surface area contributed by atoms with E-state index in [-0.39, 0.29) is 6.17 Å². The fourth-order valence-electron chi connectivity index (χ4n) is 2.48. The summed E-state index contributed by atoms with van der Waals surface area (Å²) in [6.07, 6.45) is -0.148. The molecule has 3 nitrogen and oxygen atoms in total. The lowest BCUT2D eigenvalue weighted by Crippen LogP contribution is -2.09. The van der Waals surface area contributed by atoms with Crippen molar-refractivity contribution in [1.29, 1.82) is 0 Å². The van der Waals surface area contributed by atoms with Crippen molar-refractivity contribution in [3.8, 4) is 5.75 Å². The van der Waals surface area contributed by atoms with Crippen LogP contribution in [0.15, 0.2) is 58.5 Å². The van der Waals surface area contributed by atoms with Gasteiger partial charge in [-0.1, -0.05) is 42.0 Å². The smallest absolute Gasteiger partial charge is 0.166 e. The molecule has 3 heteroatoms. The first-order valence-electron chi connectivity index (χ1n) is 7.01. The van der Waals surface area contributed by atoms with Gasteiger partial charge in [0.15, 0.2) is 6.17 Å². The number of para-hydroxylation sites is 1.